The van der Waals surface area contributed by atoms with Gasteiger partial charge in [-0.1, -0.05) is 12.8 Å². The fraction of sp³-hybridized carbons (Fsp3) is 0.615. The van der Waals surface area contributed by atoms with Crippen LogP contribution in [-0.4, -0.2) is 34.1 Å². The molecule has 110 valence electrons. The smallest absolute Gasteiger partial charge is 0.355 e. The van der Waals surface area contributed by atoms with Crippen molar-refractivity contribution in [2.24, 2.45) is 5.73 Å². The standard InChI is InChI=1S/C13H19N3O3S/c14-13(4-1-2-5-13)7-10(17)15-6-3-11-16-9(8-20-11)12(18)19/h8H,1-7,14H2,(H,15,17)(H,18,19). The van der Waals surface area contributed by atoms with E-state index in [1.165, 1.54) is 16.7 Å². The zero-order chi connectivity index (χ0) is 14.6. The van der Waals surface area contributed by atoms with Crippen molar-refractivity contribution in [1.29, 1.82) is 0 Å². The van der Waals surface area contributed by atoms with Crippen LogP contribution in [0.2, 0.25) is 0 Å². The fourth-order valence-electron chi connectivity index (χ4n) is 2.47. The van der Waals surface area contributed by atoms with Crippen molar-refractivity contribution in [3.05, 3.63) is 16.1 Å². The summed E-state index contributed by atoms with van der Waals surface area (Å²) in [6, 6.07) is 0. The van der Waals surface area contributed by atoms with E-state index in [-0.39, 0.29) is 17.1 Å². The first kappa shape index (κ1) is 14.9. The van der Waals surface area contributed by atoms with E-state index in [4.69, 9.17) is 10.8 Å². The van der Waals surface area contributed by atoms with E-state index in [0.717, 1.165) is 25.7 Å². The highest BCUT2D eigenvalue weighted by molar-refractivity contribution is 7.09. The van der Waals surface area contributed by atoms with E-state index >= 15 is 0 Å². The van der Waals surface area contributed by atoms with Gasteiger partial charge < -0.3 is 16.2 Å². The minimum atomic E-state index is -1.03. The van der Waals surface area contributed by atoms with Crippen LogP contribution in [0.5, 0.6) is 0 Å². The lowest BCUT2D eigenvalue weighted by Crippen LogP contribution is -2.42. The third-order valence-electron chi connectivity index (χ3n) is 3.54. The predicted molar refractivity (Wildman–Crippen MR) is 75.8 cm³/mol. The summed E-state index contributed by atoms with van der Waals surface area (Å²) < 4.78 is 0. The summed E-state index contributed by atoms with van der Waals surface area (Å²) in [5, 5.41) is 13.8. The average Bonchev–Trinajstić information content (AvgIpc) is 2.98. The second kappa shape index (κ2) is 6.32. The van der Waals surface area contributed by atoms with Crippen LogP contribution >= 0.6 is 11.3 Å². The number of nitrogens with one attached hydrogen (secondary N) is 1. The monoisotopic (exact) mass is 297 g/mol. The lowest BCUT2D eigenvalue weighted by atomic mass is 9.94. The number of carbonyl (C=O) groups is 2. The number of nitrogens with zero attached hydrogens (tertiary/aromatic N) is 1. The second-order valence-electron chi connectivity index (χ2n) is 5.28. The lowest BCUT2D eigenvalue weighted by molar-refractivity contribution is -0.122. The maximum atomic E-state index is 11.8. The number of amides is 1. The van der Waals surface area contributed by atoms with Crippen molar-refractivity contribution in [1.82, 2.24) is 10.3 Å². The molecule has 1 aliphatic carbocycles. The molecule has 2 rings (SSSR count). The van der Waals surface area contributed by atoms with Gasteiger partial charge in [-0.2, -0.15) is 0 Å². The van der Waals surface area contributed by atoms with Crippen molar-refractivity contribution in [2.45, 2.75) is 44.1 Å². The number of thiazole rings is 1. The third-order valence-corrected chi connectivity index (χ3v) is 4.45. The number of hydrogen-bond donors (Lipinski definition) is 3. The number of nitrogens with two attached hydrogens (primary N) is 1. The number of carboxylic acid groups (broad SMARTS) is 1. The quantitative estimate of drug-likeness (QED) is 0.730. The second-order valence-corrected chi connectivity index (χ2v) is 6.22. The molecule has 1 heterocycles. The number of rotatable bonds is 6. The molecule has 4 N–H and O–H groups in total. The minimum Gasteiger partial charge on any atom is -0.476 e. The van der Waals surface area contributed by atoms with Gasteiger partial charge in [0.05, 0.1) is 5.01 Å². The van der Waals surface area contributed by atoms with Gasteiger partial charge >= 0.3 is 5.97 Å². The molecule has 0 atom stereocenters. The third kappa shape index (κ3) is 4.01. The summed E-state index contributed by atoms with van der Waals surface area (Å²) in [4.78, 5) is 26.5. The van der Waals surface area contributed by atoms with Gasteiger partial charge in [0, 0.05) is 30.3 Å². The Balaban J connectivity index is 1.72. The normalized spacial score (nSPS) is 17.1. The molecule has 0 unspecified atom stereocenters. The van der Waals surface area contributed by atoms with E-state index in [9.17, 15) is 9.59 Å². The van der Waals surface area contributed by atoms with E-state index in [0.29, 0.717) is 24.4 Å². The highest BCUT2D eigenvalue weighted by Gasteiger charge is 2.31. The van der Waals surface area contributed by atoms with Crippen molar-refractivity contribution in [2.75, 3.05) is 6.54 Å². The molecular weight excluding hydrogens is 278 g/mol. The Morgan fingerprint density at radius 3 is 2.75 bits per heavy atom. The zero-order valence-electron chi connectivity index (χ0n) is 11.2. The SMILES string of the molecule is NC1(CC(=O)NCCc2nc(C(=O)O)cs2)CCCC1. The maximum absolute atomic E-state index is 11.8. The van der Waals surface area contributed by atoms with Gasteiger partial charge in [0.15, 0.2) is 5.69 Å². The number of aromatic carboxylic acids is 1. The molecule has 1 aliphatic rings. The van der Waals surface area contributed by atoms with Gasteiger partial charge in [-0.3, -0.25) is 4.79 Å². The molecule has 0 aliphatic heterocycles. The Morgan fingerprint density at radius 2 is 2.15 bits per heavy atom. The van der Waals surface area contributed by atoms with Gasteiger partial charge in [-0.05, 0) is 12.8 Å². The number of aromatic nitrogens is 1. The van der Waals surface area contributed by atoms with E-state index < -0.39 is 5.97 Å². The molecular formula is C13H19N3O3S. The predicted octanol–water partition coefficient (Wildman–Crippen LogP) is 1.16. The van der Waals surface area contributed by atoms with Gasteiger partial charge in [-0.25, -0.2) is 9.78 Å². The van der Waals surface area contributed by atoms with Crippen LogP contribution in [0.3, 0.4) is 0 Å². The van der Waals surface area contributed by atoms with Crippen molar-refractivity contribution in [3.8, 4) is 0 Å². The molecule has 20 heavy (non-hydrogen) atoms. The van der Waals surface area contributed by atoms with Crippen LogP contribution in [0.1, 0.15) is 47.6 Å². The first-order chi connectivity index (χ1) is 9.48. The molecule has 1 aromatic rings. The van der Waals surface area contributed by atoms with Gasteiger partial charge in [-0.15, -0.1) is 11.3 Å². The number of hydrogen-bond acceptors (Lipinski definition) is 5. The molecule has 7 heteroatoms. The fourth-order valence-corrected chi connectivity index (χ4v) is 3.24. The van der Waals surface area contributed by atoms with Gasteiger partial charge in [0.1, 0.15) is 0 Å². The van der Waals surface area contributed by atoms with Crippen molar-refractivity contribution >= 4 is 23.2 Å². The Hall–Kier alpha value is -1.47. The number of carbonyl (C=O) groups excluding carboxylic acids is 1. The Bertz CT molecular complexity index is 495. The molecule has 1 fully saturated rings. The van der Waals surface area contributed by atoms with E-state index in [1.54, 1.807) is 0 Å². The Morgan fingerprint density at radius 1 is 1.45 bits per heavy atom. The van der Waals surface area contributed by atoms with Crippen LogP contribution in [0.25, 0.3) is 0 Å². The highest BCUT2D eigenvalue weighted by Crippen LogP contribution is 2.29. The lowest BCUT2D eigenvalue weighted by Gasteiger charge is -2.22. The van der Waals surface area contributed by atoms with Crippen LogP contribution < -0.4 is 11.1 Å². The number of carboxylic acids is 1. The summed E-state index contributed by atoms with van der Waals surface area (Å²) in [6.07, 6.45) is 4.93. The van der Waals surface area contributed by atoms with Gasteiger partial charge in [0.2, 0.25) is 5.91 Å². The zero-order valence-corrected chi connectivity index (χ0v) is 12.0. The molecule has 1 saturated carbocycles. The van der Waals surface area contributed by atoms with Crippen LogP contribution in [0.15, 0.2) is 5.38 Å². The largest absolute Gasteiger partial charge is 0.476 e. The average molecular weight is 297 g/mol. The van der Waals surface area contributed by atoms with E-state index in [2.05, 4.69) is 10.3 Å². The van der Waals surface area contributed by atoms with Crippen LogP contribution in [0.4, 0.5) is 0 Å². The summed E-state index contributed by atoms with van der Waals surface area (Å²) in [7, 11) is 0. The molecule has 1 amide bonds. The summed E-state index contributed by atoms with van der Waals surface area (Å²) in [5.41, 5.74) is 5.87. The van der Waals surface area contributed by atoms with Crippen LogP contribution in [-0.2, 0) is 11.2 Å². The van der Waals surface area contributed by atoms with Crippen molar-refractivity contribution < 1.29 is 14.7 Å². The van der Waals surface area contributed by atoms with Crippen LogP contribution in [0, 0.1) is 0 Å². The molecule has 0 radical (unpaired) electrons. The molecule has 0 bridgehead atoms. The first-order valence-electron chi connectivity index (χ1n) is 6.72. The molecule has 0 saturated heterocycles. The highest BCUT2D eigenvalue weighted by atomic mass is 32.1. The summed E-state index contributed by atoms with van der Waals surface area (Å²) in [6.45, 7) is 0.460. The van der Waals surface area contributed by atoms with E-state index in [1.807, 2.05) is 0 Å². The molecule has 6 nitrogen and oxygen atoms in total. The topological polar surface area (TPSA) is 105 Å². The summed E-state index contributed by atoms with van der Waals surface area (Å²) >= 11 is 1.29. The Labute approximate surface area is 121 Å². The maximum Gasteiger partial charge on any atom is 0.355 e. The molecule has 0 spiro atoms. The van der Waals surface area contributed by atoms with Gasteiger partial charge in [0.25, 0.3) is 0 Å². The minimum absolute atomic E-state index is 0.0376. The van der Waals surface area contributed by atoms with Crippen molar-refractivity contribution in [3.63, 3.8) is 0 Å². The Kier molecular flexibility index (Phi) is 4.72. The first-order valence-corrected chi connectivity index (χ1v) is 7.60. The summed E-state index contributed by atoms with van der Waals surface area (Å²) in [5.74, 6) is -1.06. The molecule has 1 aromatic heterocycles. The molecule has 0 aromatic carbocycles.